The zero-order chi connectivity index (χ0) is 20.6. The lowest BCUT2D eigenvalue weighted by Crippen LogP contribution is -2.41. The van der Waals surface area contributed by atoms with Crippen LogP contribution < -0.4 is 14.8 Å². The smallest absolute Gasteiger partial charge is 0.325 e. The van der Waals surface area contributed by atoms with Crippen molar-refractivity contribution < 1.29 is 23.9 Å². The number of nitrogens with one attached hydrogen (secondary N) is 1. The van der Waals surface area contributed by atoms with Crippen molar-refractivity contribution in [3.8, 4) is 11.5 Å². The van der Waals surface area contributed by atoms with E-state index in [2.05, 4.69) is 12.2 Å². The third-order valence-electron chi connectivity index (χ3n) is 5.34. The van der Waals surface area contributed by atoms with Crippen LogP contribution >= 0.6 is 0 Å². The normalized spacial score (nSPS) is 20.1. The van der Waals surface area contributed by atoms with Gasteiger partial charge in [-0.3, -0.25) is 14.5 Å². The number of carbonyl (C=O) groups excluding carboxylic acids is 3. The predicted molar refractivity (Wildman–Crippen MR) is 105 cm³/mol. The van der Waals surface area contributed by atoms with Gasteiger partial charge in [0.2, 0.25) is 6.79 Å². The van der Waals surface area contributed by atoms with E-state index in [1.165, 1.54) is 5.56 Å². The van der Waals surface area contributed by atoms with Gasteiger partial charge in [-0.15, -0.1) is 0 Å². The van der Waals surface area contributed by atoms with Gasteiger partial charge in [-0.05, 0) is 42.7 Å². The first kappa shape index (κ1) is 19.0. The van der Waals surface area contributed by atoms with Crippen LogP contribution in [0.5, 0.6) is 11.5 Å². The van der Waals surface area contributed by atoms with E-state index in [9.17, 15) is 14.4 Å². The molecular formula is C22H22N2O5. The Morgan fingerprint density at radius 2 is 1.83 bits per heavy atom. The number of carbonyl (C=O) groups is 3. The summed E-state index contributed by atoms with van der Waals surface area (Å²) in [6, 6.07) is 11.9. The molecule has 2 aromatic carbocycles. The number of nitrogens with zero attached hydrogens (tertiary/aromatic N) is 1. The van der Waals surface area contributed by atoms with Crippen LogP contribution in [0, 0.1) is 0 Å². The fraction of sp³-hybridized carbons (Fsp3) is 0.318. The second kappa shape index (κ2) is 7.24. The molecule has 4 rings (SSSR count). The number of imide groups is 1. The van der Waals surface area contributed by atoms with Gasteiger partial charge in [0, 0.05) is 5.56 Å². The molecule has 0 bridgehead atoms. The number of rotatable bonds is 6. The summed E-state index contributed by atoms with van der Waals surface area (Å²) in [6.07, 6.45) is 1.98. The first-order valence-electron chi connectivity index (χ1n) is 9.59. The minimum atomic E-state index is -1.20. The molecule has 2 heterocycles. The molecule has 0 unspecified atom stereocenters. The lowest BCUT2D eigenvalue weighted by atomic mass is 9.91. The van der Waals surface area contributed by atoms with E-state index in [1.807, 2.05) is 24.3 Å². The Labute approximate surface area is 168 Å². The summed E-state index contributed by atoms with van der Waals surface area (Å²) in [7, 11) is 0. The van der Waals surface area contributed by atoms with E-state index in [1.54, 1.807) is 25.1 Å². The third kappa shape index (κ3) is 3.33. The number of urea groups is 1. The minimum absolute atomic E-state index is 0.107. The second-order valence-electron chi connectivity index (χ2n) is 7.38. The summed E-state index contributed by atoms with van der Waals surface area (Å²) >= 11 is 0. The molecule has 2 aliphatic rings. The Morgan fingerprint density at radius 1 is 1.10 bits per heavy atom. The molecule has 7 nitrogen and oxygen atoms in total. The summed E-state index contributed by atoms with van der Waals surface area (Å²) in [5, 5.41) is 2.74. The number of fused-ring (bicyclic) bond motifs is 1. The van der Waals surface area contributed by atoms with Crippen LogP contribution in [-0.4, -0.2) is 36.0 Å². The molecule has 150 valence electrons. The zero-order valence-electron chi connectivity index (χ0n) is 16.4. The van der Waals surface area contributed by atoms with E-state index >= 15 is 0 Å². The number of ether oxygens (including phenoxy) is 2. The molecule has 1 atom stereocenters. The van der Waals surface area contributed by atoms with Gasteiger partial charge < -0.3 is 14.8 Å². The van der Waals surface area contributed by atoms with E-state index < -0.39 is 17.5 Å². The van der Waals surface area contributed by atoms with E-state index in [0.717, 1.165) is 17.7 Å². The summed E-state index contributed by atoms with van der Waals surface area (Å²) < 4.78 is 10.5. The number of ketones is 1. The fourth-order valence-electron chi connectivity index (χ4n) is 3.63. The van der Waals surface area contributed by atoms with Crippen LogP contribution in [0.3, 0.4) is 0 Å². The van der Waals surface area contributed by atoms with Crippen molar-refractivity contribution in [3.63, 3.8) is 0 Å². The molecule has 3 amide bonds. The molecule has 0 saturated carbocycles. The summed E-state index contributed by atoms with van der Waals surface area (Å²) in [5.74, 6) is 0.245. The first-order chi connectivity index (χ1) is 13.9. The standard InChI is InChI=1S/C22H22N2O5/c1-3-4-14-5-8-16(9-6-14)22(2)20(26)24(21(27)23-22)12-17(25)15-7-10-18-19(11-15)29-13-28-18/h5-11H,3-4,12-13H2,1-2H3,(H,23,27)/t22-/m0/s1. The van der Waals surface area contributed by atoms with Crippen LogP contribution in [0.1, 0.15) is 41.8 Å². The predicted octanol–water partition coefficient (Wildman–Crippen LogP) is 3.02. The average Bonchev–Trinajstić information content (AvgIpc) is 3.27. The van der Waals surface area contributed by atoms with Crippen molar-refractivity contribution in [2.75, 3.05) is 13.3 Å². The maximum Gasteiger partial charge on any atom is 0.325 e. The van der Waals surface area contributed by atoms with Crippen molar-refractivity contribution >= 4 is 17.7 Å². The Balaban J connectivity index is 1.52. The highest BCUT2D eigenvalue weighted by Crippen LogP contribution is 2.33. The first-order valence-corrected chi connectivity index (χ1v) is 9.59. The highest BCUT2D eigenvalue weighted by atomic mass is 16.7. The summed E-state index contributed by atoms with van der Waals surface area (Å²) in [6.45, 7) is 3.53. The van der Waals surface area contributed by atoms with E-state index in [-0.39, 0.29) is 19.1 Å². The monoisotopic (exact) mass is 394 g/mol. The second-order valence-corrected chi connectivity index (χ2v) is 7.38. The molecule has 1 N–H and O–H groups in total. The SMILES string of the molecule is CCCc1ccc([C@]2(C)NC(=O)N(CC(=O)c3ccc4c(c3)OCO4)C2=O)cc1. The maximum atomic E-state index is 13.0. The number of hydrogen-bond acceptors (Lipinski definition) is 5. The van der Waals surface area contributed by atoms with E-state index in [0.29, 0.717) is 22.6 Å². The molecule has 2 aliphatic heterocycles. The molecule has 7 heteroatoms. The Morgan fingerprint density at radius 3 is 2.55 bits per heavy atom. The van der Waals surface area contributed by atoms with Crippen LogP contribution in [0.2, 0.25) is 0 Å². The lowest BCUT2D eigenvalue weighted by molar-refractivity contribution is -0.130. The van der Waals surface area contributed by atoms with Gasteiger partial charge in [-0.25, -0.2) is 4.79 Å². The largest absolute Gasteiger partial charge is 0.454 e. The van der Waals surface area contributed by atoms with Gasteiger partial charge >= 0.3 is 6.03 Å². The molecule has 1 fully saturated rings. The minimum Gasteiger partial charge on any atom is -0.454 e. The number of benzene rings is 2. The Bertz CT molecular complexity index is 985. The van der Waals surface area contributed by atoms with Gasteiger partial charge in [0.1, 0.15) is 5.54 Å². The van der Waals surface area contributed by atoms with Gasteiger partial charge in [-0.2, -0.15) is 0 Å². The van der Waals surface area contributed by atoms with Crippen LogP contribution in [0.4, 0.5) is 4.79 Å². The van der Waals surface area contributed by atoms with Crippen molar-refractivity contribution in [2.45, 2.75) is 32.2 Å². The number of hydrogen-bond donors (Lipinski definition) is 1. The lowest BCUT2D eigenvalue weighted by Gasteiger charge is -2.22. The Kier molecular flexibility index (Phi) is 4.74. The van der Waals surface area contributed by atoms with Crippen LogP contribution in [0.15, 0.2) is 42.5 Å². The molecular weight excluding hydrogens is 372 g/mol. The van der Waals surface area contributed by atoms with Crippen LogP contribution in [-0.2, 0) is 16.8 Å². The van der Waals surface area contributed by atoms with Crippen LogP contribution in [0.25, 0.3) is 0 Å². The number of Topliss-reactive ketones (excluding diaryl/α,β-unsaturated/α-hetero) is 1. The highest BCUT2D eigenvalue weighted by Gasteiger charge is 2.49. The van der Waals surface area contributed by atoms with Gasteiger partial charge in [0.05, 0.1) is 6.54 Å². The van der Waals surface area contributed by atoms with Gasteiger partial charge in [0.25, 0.3) is 5.91 Å². The number of aryl methyl sites for hydroxylation is 1. The molecule has 0 aliphatic carbocycles. The highest BCUT2D eigenvalue weighted by molar-refractivity contribution is 6.11. The maximum absolute atomic E-state index is 13.0. The van der Waals surface area contributed by atoms with E-state index in [4.69, 9.17) is 9.47 Å². The fourth-order valence-corrected chi connectivity index (χ4v) is 3.63. The molecule has 0 aromatic heterocycles. The summed E-state index contributed by atoms with van der Waals surface area (Å²) in [5.41, 5.74) is 1.02. The van der Waals surface area contributed by atoms with Gasteiger partial charge in [0.15, 0.2) is 17.3 Å². The third-order valence-corrected chi connectivity index (χ3v) is 5.34. The molecule has 0 radical (unpaired) electrons. The van der Waals surface area contributed by atoms with Crippen molar-refractivity contribution in [2.24, 2.45) is 0 Å². The molecule has 1 saturated heterocycles. The molecule has 2 aromatic rings. The summed E-state index contributed by atoms with van der Waals surface area (Å²) in [4.78, 5) is 39.2. The Hall–Kier alpha value is -3.35. The topological polar surface area (TPSA) is 84.9 Å². The van der Waals surface area contributed by atoms with Crippen molar-refractivity contribution in [3.05, 3.63) is 59.2 Å². The van der Waals surface area contributed by atoms with Gasteiger partial charge in [-0.1, -0.05) is 37.6 Å². The number of amides is 3. The molecule has 0 spiro atoms. The quantitative estimate of drug-likeness (QED) is 0.601. The van der Waals surface area contributed by atoms with Crippen molar-refractivity contribution in [1.82, 2.24) is 10.2 Å². The molecule has 29 heavy (non-hydrogen) atoms. The zero-order valence-corrected chi connectivity index (χ0v) is 16.4. The van der Waals surface area contributed by atoms with Crippen molar-refractivity contribution in [1.29, 1.82) is 0 Å². The average molecular weight is 394 g/mol.